The summed E-state index contributed by atoms with van der Waals surface area (Å²) in [6.45, 7) is 3.12. The molecular formula is C12H23NO3. The third kappa shape index (κ3) is 6.08. The molecule has 2 atom stereocenters. The van der Waals surface area contributed by atoms with Gasteiger partial charge in [0.05, 0.1) is 12.2 Å². The van der Waals surface area contributed by atoms with E-state index in [-0.39, 0.29) is 18.1 Å². The Bertz CT molecular complexity index is 200. The van der Waals surface area contributed by atoms with Crippen molar-refractivity contribution in [3.05, 3.63) is 0 Å². The molecule has 0 spiro atoms. The number of rotatable bonds is 6. The van der Waals surface area contributed by atoms with E-state index in [4.69, 9.17) is 9.84 Å². The first-order valence-corrected chi connectivity index (χ1v) is 6.25. The molecule has 94 valence electrons. The van der Waals surface area contributed by atoms with Crippen molar-refractivity contribution in [1.29, 1.82) is 0 Å². The minimum atomic E-state index is -0.345. The van der Waals surface area contributed by atoms with Crippen LogP contribution >= 0.6 is 0 Å². The average Bonchev–Trinajstić information content (AvgIpc) is 2.27. The van der Waals surface area contributed by atoms with Crippen LogP contribution in [-0.2, 0) is 9.53 Å². The molecule has 2 N–H and O–H groups in total. The summed E-state index contributed by atoms with van der Waals surface area (Å²) >= 11 is 0. The van der Waals surface area contributed by atoms with Crippen molar-refractivity contribution in [2.24, 2.45) is 0 Å². The predicted octanol–water partition coefficient (Wildman–Crippen LogP) is 1.22. The fraction of sp³-hybridized carbons (Fsp3) is 0.917. The number of carbonyl (C=O) groups excluding carboxylic acids is 1. The second-order valence-corrected chi connectivity index (χ2v) is 4.51. The van der Waals surface area contributed by atoms with Crippen LogP contribution in [0.4, 0.5) is 0 Å². The van der Waals surface area contributed by atoms with E-state index in [0.29, 0.717) is 19.4 Å². The van der Waals surface area contributed by atoms with Gasteiger partial charge in [0, 0.05) is 19.6 Å². The zero-order valence-corrected chi connectivity index (χ0v) is 10.1. The summed E-state index contributed by atoms with van der Waals surface area (Å²) < 4.78 is 5.55. The van der Waals surface area contributed by atoms with E-state index in [1.807, 2.05) is 0 Å². The summed E-state index contributed by atoms with van der Waals surface area (Å²) in [5.41, 5.74) is 0. The topological polar surface area (TPSA) is 58.6 Å². The first-order chi connectivity index (χ1) is 7.68. The number of hydrogen-bond donors (Lipinski definition) is 2. The van der Waals surface area contributed by atoms with Crippen molar-refractivity contribution < 1.29 is 14.6 Å². The standard InChI is InChI=1S/C12H23NO3/c1-10(14)7-8-13-12(15)6-5-11-4-2-3-9-16-11/h10-11,14H,2-9H2,1H3,(H,13,15). The number of amides is 1. The van der Waals surface area contributed by atoms with Crippen LogP contribution in [0.5, 0.6) is 0 Å². The second-order valence-electron chi connectivity index (χ2n) is 4.51. The van der Waals surface area contributed by atoms with Crippen molar-refractivity contribution in [1.82, 2.24) is 5.32 Å². The first kappa shape index (κ1) is 13.5. The molecule has 0 aliphatic carbocycles. The molecule has 1 aliphatic rings. The average molecular weight is 229 g/mol. The Morgan fingerprint density at radius 2 is 2.38 bits per heavy atom. The van der Waals surface area contributed by atoms with Crippen LogP contribution in [0.2, 0.25) is 0 Å². The molecule has 1 amide bonds. The molecule has 0 radical (unpaired) electrons. The minimum absolute atomic E-state index is 0.0647. The molecule has 1 rings (SSSR count). The molecule has 0 aromatic rings. The fourth-order valence-electron chi connectivity index (χ4n) is 1.84. The lowest BCUT2D eigenvalue weighted by Gasteiger charge is -2.22. The molecule has 0 aromatic carbocycles. The Hall–Kier alpha value is -0.610. The van der Waals surface area contributed by atoms with Crippen molar-refractivity contribution in [2.45, 2.75) is 57.7 Å². The summed E-state index contributed by atoms with van der Waals surface area (Å²) in [6, 6.07) is 0. The summed E-state index contributed by atoms with van der Waals surface area (Å²) in [5.74, 6) is 0.0647. The van der Waals surface area contributed by atoms with Crippen molar-refractivity contribution >= 4 is 5.91 Å². The Morgan fingerprint density at radius 1 is 1.56 bits per heavy atom. The fourth-order valence-corrected chi connectivity index (χ4v) is 1.84. The molecule has 1 saturated heterocycles. The van der Waals surface area contributed by atoms with E-state index in [9.17, 15) is 4.79 Å². The molecule has 0 saturated carbocycles. The normalized spacial score (nSPS) is 22.8. The van der Waals surface area contributed by atoms with Gasteiger partial charge in [0.1, 0.15) is 0 Å². The van der Waals surface area contributed by atoms with Crippen LogP contribution in [0.1, 0.15) is 45.4 Å². The molecule has 2 unspecified atom stereocenters. The van der Waals surface area contributed by atoms with E-state index in [1.54, 1.807) is 6.92 Å². The maximum absolute atomic E-state index is 11.4. The quantitative estimate of drug-likeness (QED) is 0.720. The Labute approximate surface area is 97.4 Å². The van der Waals surface area contributed by atoms with Crippen LogP contribution in [0.25, 0.3) is 0 Å². The first-order valence-electron chi connectivity index (χ1n) is 6.25. The summed E-state index contributed by atoms with van der Waals surface area (Å²) in [6.07, 6.45) is 5.35. The van der Waals surface area contributed by atoms with Gasteiger partial charge in [-0.1, -0.05) is 0 Å². The van der Waals surface area contributed by atoms with E-state index < -0.39 is 0 Å². The largest absolute Gasteiger partial charge is 0.393 e. The van der Waals surface area contributed by atoms with Gasteiger partial charge in [-0.2, -0.15) is 0 Å². The predicted molar refractivity (Wildman–Crippen MR) is 62.1 cm³/mol. The Kier molecular flexibility index (Phi) is 6.42. The zero-order valence-electron chi connectivity index (χ0n) is 10.1. The van der Waals surface area contributed by atoms with Crippen LogP contribution in [-0.4, -0.2) is 36.4 Å². The monoisotopic (exact) mass is 229 g/mol. The van der Waals surface area contributed by atoms with Gasteiger partial charge in [-0.25, -0.2) is 0 Å². The van der Waals surface area contributed by atoms with Crippen LogP contribution in [0.3, 0.4) is 0 Å². The number of aliphatic hydroxyl groups excluding tert-OH is 1. The van der Waals surface area contributed by atoms with Gasteiger partial charge in [0.2, 0.25) is 5.91 Å². The number of carbonyl (C=O) groups is 1. The number of aliphatic hydroxyl groups is 1. The lowest BCUT2D eigenvalue weighted by atomic mass is 10.0. The van der Waals surface area contributed by atoms with Gasteiger partial charge in [0.25, 0.3) is 0 Å². The highest BCUT2D eigenvalue weighted by Crippen LogP contribution is 2.16. The maximum atomic E-state index is 11.4. The lowest BCUT2D eigenvalue weighted by Crippen LogP contribution is -2.28. The summed E-state index contributed by atoms with van der Waals surface area (Å²) in [7, 11) is 0. The third-order valence-corrected chi connectivity index (χ3v) is 2.85. The molecule has 4 nitrogen and oxygen atoms in total. The molecule has 1 fully saturated rings. The van der Waals surface area contributed by atoms with Crippen LogP contribution in [0, 0.1) is 0 Å². The molecule has 4 heteroatoms. The highest BCUT2D eigenvalue weighted by molar-refractivity contribution is 5.75. The SMILES string of the molecule is CC(O)CCNC(=O)CCC1CCCCO1. The maximum Gasteiger partial charge on any atom is 0.220 e. The van der Waals surface area contributed by atoms with Gasteiger partial charge >= 0.3 is 0 Å². The number of ether oxygens (including phenoxy) is 1. The lowest BCUT2D eigenvalue weighted by molar-refractivity contribution is -0.122. The number of nitrogens with one attached hydrogen (secondary N) is 1. The summed E-state index contributed by atoms with van der Waals surface area (Å²) in [5, 5.41) is 11.8. The summed E-state index contributed by atoms with van der Waals surface area (Å²) in [4.78, 5) is 11.4. The van der Waals surface area contributed by atoms with E-state index in [0.717, 1.165) is 25.9 Å². The highest BCUT2D eigenvalue weighted by Gasteiger charge is 2.14. The van der Waals surface area contributed by atoms with Crippen molar-refractivity contribution in [3.63, 3.8) is 0 Å². The van der Waals surface area contributed by atoms with Crippen molar-refractivity contribution in [2.75, 3.05) is 13.2 Å². The van der Waals surface area contributed by atoms with Crippen molar-refractivity contribution in [3.8, 4) is 0 Å². The smallest absolute Gasteiger partial charge is 0.220 e. The Morgan fingerprint density at radius 3 is 3.00 bits per heavy atom. The third-order valence-electron chi connectivity index (χ3n) is 2.85. The van der Waals surface area contributed by atoms with Gasteiger partial charge in [0.15, 0.2) is 0 Å². The van der Waals surface area contributed by atoms with E-state index in [2.05, 4.69) is 5.32 Å². The molecule has 1 heterocycles. The van der Waals surface area contributed by atoms with Gasteiger partial charge in [-0.3, -0.25) is 4.79 Å². The second kappa shape index (κ2) is 7.63. The van der Waals surface area contributed by atoms with Gasteiger partial charge in [-0.05, 0) is 39.0 Å². The zero-order chi connectivity index (χ0) is 11.8. The van der Waals surface area contributed by atoms with Gasteiger partial charge in [-0.15, -0.1) is 0 Å². The molecule has 16 heavy (non-hydrogen) atoms. The van der Waals surface area contributed by atoms with Crippen LogP contribution in [0.15, 0.2) is 0 Å². The van der Waals surface area contributed by atoms with Gasteiger partial charge < -0.3 is 15.2 Å². The molecular weight excluding hydrogens is 206 g/mol. The van der Waals surface area contributed by atoms with Crippen LogP contribution < -0.4 is 5.32 Å². The minimum Gasteiger partial charge on any atom is -0.393 e. The molecule has 0 bridgehead atoms. The molecule has 1 aliphatic heterocycles. The highest BCUT2D eigenvalue weighted by atomic mass is 16.5. The number of hydrogen-bond acceptors (Lipinski definition) is 3. The van der Waals surface area contributed by atoms with E-state index >= 15 is 0 Å². The van der Waals surface area contributed by atoms with E-state index in [1.165, 1.54) is 6.42 Å². The molecule has 0 aromatic heterocycles. The Balaban J connectivity index is 2.00.